The van der Waals surface area contributed by atoms with Crippen LogP contribution in [0.3, 0.4) is 0 Å². The zero-order valence-corrected chi connectivity index (χ0v) is 10.1. The lowest BCUT2D eigenvalue weighted by molar-refractivity contribution is 1.22. The van der Waals surface area contributed by atoms with Crippen LogP contribution in [0.2, 0.25) is 0 Å². The van der Waals surface area contributed by atoms with Gasteiger partial charge in [0.25, 0.3) is 0 Å². The Morgan fingerprint density at radius 1 is 1.29 bits per heavy atom. The smallest absolute Gasteiger partial charge is 0.132 e. The van der Waals surface area contributed by atoms with Crippen LogP contribution in [0.15, 0.2) is 49.1 Å². The molecule has 0 bridgehead atoms. The molecule has 0 fully saturated rings. The number of allylic oxidation sites excluding steroid dienone is 1. The van der Waals surface area contributed by atoms with E-state index in [-0.39, 0.29) is 0 Å². The molecule has 0 aromatic carbocycles. The molecule has 2 rings (SSSR count). The summed E-state index contributed by atoms with van der Waals surface area (Å²) in [6.45, 7) is 7.75. The van der Waals surface area contributed by atoms with Crippen LogP contribution < -0.4 is 5.32 Å². The van der Waals surface area contributed by atoms with Crippen molar-refractivity contribution in [1.29, 1.82) is 0 Å². The van der Waals surface area contributed by atoms with Crippen molar-refractivity contribution in [2.75, 3.05) is 5.32 Å². The van der Waals surface area contributed by atoms with Gasteiger partial charge in [0.2, 0.25) is 0 Å². The Morgan fingerprint density at radius 3 is 2.71 bits per heavy atom. The SMILES string of the molecule is C=C(C)Nc1ncc(-c2cccnc2)cc1C. The van der Waals surface area contributed by atoms with Crippen molar-refractivity contribution < 1.29 is 0 Å². The molecule has 2 heterocycles. The van der Waals surface area contributed by atoms with Crippen molar-refractivity contribution in [3.05, 3.63) is 54.6 Å². The summed E-state index contributed by atoms with van der Waals surface area (Å²) in [6.07, 6.45) is 5.44. The third kappa shape index (κ3) is 2.69. The third-order valence-corrected chi connectivity index (χ3v) is 2.40. The molecule has 0 aliphatic rings. The quantitative estimate of drug-likeness (QED) is 0.870. The molecule has 0 saturated heterocycles. The van der Waals surface area contributed by atoms with Gasteiger partial charge in [0.15, 0.2) is 0 Å². The lowest BCUT2D eigenvalue weighted by Crippen LogP contribution is -1.99. The molecule has 17 heavy (non-hydrogen) atoms. The highest BCUT2D eigenvalue weighted by molar-refractivity contribution is 5.65. The van der Waals surface area contributed by atoms with Gasteiger partial charge in [0.1, 0.15) is 5.82 Å². The van der Waals surface area contributed by atoms with E-state index in [2.05, 4.69) is 27.9 Å². The summed E-state index contributed by atoms with van der Waals surface area (Å²) in [4.78, 5) is 8.50. The molecule has 0 unspecified atom stereocenters. The Kier molecular flexibility index (Phi) is 3.19. The van der Waals surface area contributed by atoms with Crippen LogP contribution in [0, 0.1) is 6.92 Å². The Balaban J connectivity index is 2.34. The van der Waals surface area contributed by atoms with Gasteiger partial charge in [-0.1, -0.05) is 12.6 Å². The van der Waals surface area contributed by atoms with Crippen LogP contribution in [-0.2, 0) is 0 Å². The number of rotatable bonds is 3. The van der Waals surface area contributed by atoms with Gasteiger partial charge in [-0.15, -0.1) is 0 Å². The van der Waals surface area contributed by atoms with Gasteiger partial charge in [-0.05, 0) is 31.5 Å². The van der Waals surface area contributed by atoms with Crippen LogP contribution in [-0.4, -0.2) is 9.97 Å². The van der Waals surface area contributed by atoms with E-state index in [4.69, 9.17) is 0 Å². The molecule has 0 saturated carbocycles. The first-order chi connectivity index (χ1) is 8.16. The van der Waals surface area contributed by atoms with E-state index in [1.54, 1.807) is 6.20 Å². The predicted octanol–water partition coefficient (Wildman–Crippen LogP) is 3.40. The number of pyridine rings is 2. The summed E-state index contributed by atoms with van der Waals surface area (Å²) in [5, 5.41) is 3.13. The Hall–Kier alpha value is -2.16. The minimum absolute atomic E-state index is 0.852. The van der Waals surface area contributed by atoms with E-state index >= 15 is 0 Å². The standard InChI is InChI=1S/C14H15N3/c1-10(2)17-14-11(3)7-13(9-16-14)12-5-4-6-15-8-12/h4-9H,1H2,2-3H3,(H,16,17). The second kappa shape index (κ2) is 4.78. The molecule has 0 aliphatic heterocycles. The summed E-state index contributed by atoms with van der Waals surface area (Å²) in [6, 6.07) is 6.04. The number of hydrogen-bond donors (Lipinski definition) is 1. The molecule has 0 aliphatic carbocycles. The number of nitrogens with zero attached hydrogens (tertiary/aromatic N) is 2. The molecular formula is C14H15N3. The predicted molar refractivity (Wildman–Crippen MR) is 70.6 cm³/mol. The number of hydrogen-bond acceptors (Lipinski definition) is 3. The van der Waals surface area contributed by atoms with Gasteiger partial charge >= 0.3 is 0 Å². The third-order valence-electron chi connectivity index (χ3n) is 2.40. The second-order valence-electron chi connectivity index (χ2n) is 4.04. The highest BCUT2D eigenvalue weighted by Gasteiger charge is 2.03. The van der Waals surface area contributed by atoms with E-state index in [9.17, 15) is 0 Å². The molecule has 0 spiro atoms. The van der Waals surface area contributed by atoms with Crippen LogP contribution in [0.5, 0.6) is 0 Å². The zero-order valence-electron chi connectivity index (χ0n) is 10.1. The van der Waals surface area contributed by atoms with Gasteiger partial charge < -0.3 is 5.32 Å². The molecule has 1 N–H and O–H groups in total. The summed E-state index contributed by atoms with van der Waals surface area (Å²) in [5.74, 6) is 0.852. The Morgan fingerprint density at radius 2 is 2.12 bits per heavy atom. The van der Waals surface area contributed by atoms with E-state index in [1.807, 2.05) is 38.4 Å². The Labute approximate surface area is 101 Å². The number of aromatic nitrogens is 2. The fourth-order valence-corrected chi connectivity index (χ4v) is 1.60. The Bertz CT molecular complexity index is 532. The van der Waals surface area contributed by atoms with Crippen LogP contribution >= 0.6 is 0 Å². The van der Waals surface area contributed by atoms with E-state index in [1.165, 1.54) is 0 Å². The fraction of sp³-hybridized carbons (Fsp3) is 0.143. The van der Waals surface area contributed by atoms with Crippen LogP contribution in [0.25, 0.3) is 11.1 Å². The van der Waals surface area contributed by atoms with Crippen LogP contribution in [0.4, 0.5) is 5.82 Å². The second-order valence-corrected chi connectivity index (χ2v) is 4.04. The zero-order chi connectivity index (χ0) is 12.3. The summed E-state index contributed by atoms with van der Waals surface area (Å²) >= 11 is 0. The van der Waals surface area contributed by atoms with Gasteiger partial charge in [-0.25, -0.2) is 4.98 Å². The largest absolute Gasteiger partial charge is 0.344 e. The summed E-state index contributed by atoms with van der Waals surface area (Å²) < 4.78 is 0. The molecule has 0 atom stereocenters. The molecule has 86 valence electrons. The number of anilines is 1. The van der Waals surface area contributed by atoms with Crippen molar-refractivity contribution >= 4 is 5.82 Å². The van der Waals surface area contributed by atoms with Crippen molar-refractivity contribution in [3.8, 4) is 11.1 Å². The highest BCUT2D eigenvalue weighted by atomic mass is 15.0. The molecule has 3 heteroatoms. The van der Waals surface area contributed by atoms with Crippen molar-refractivity contribution in [2.45, 2.75) is 13.8 Å². The molecule has 3 nitrogen and oxygen atoms in total. The van der Waals surface area contributed by atoms with E-state index in [0.29, 0.717) is 0 Å². The topological polar surface area (TPSA) is 37.8 Å². The van der Waals surface area contributed by atoms with Gasteiger partial charge in [0, 0.05) is 35.4 Å². The first-order valence-corrected chi connectivity index (χ1v) is 5.46. The van der Waals surface area contributed by atoms with Gasteiger partial charge in [0.05, 0.1) is 0 Å². The summed E-state index contributed by atoms with van der Waals surface area (Å²) in [7, 11) is 0. The van der Waals surface area contributed by atoms with E-state index in [0.717, 1.165) is 28.2 Å². The molecule has 0 amide bonds. The lowest BCUT2D eigenvalue weighted by Gasteiger charge is -2.09. The van der Waals surface area contributed by atoms with Crippen molar-refractivity contribution in [1.82, 2.24) is 9.97 Å². The average molecular weight is 225 g/mol. The minimum Gasteiger partial charge on any atom is -0.344 e. The number of nitrogens with one attached hydrogen (secondary N) is 1. The van der Waals surface area contributed by atoms with Crippen molar-refractivity contribution in [2.24, 2.45) is 0 Å². The van der Waals surface area contributed by atoms with Gasteiger partial charge in [-0.3, -0.25) is 4.98 Å². The monoisotopic (exact) mass is 225 g/mol. The lowest BCUT2D eigenvalue weighted by atomic mass is 10.1. The van der Waals surface area contributed by atoms with E-state index < -0.39 is 0 Å². The summed E-state index contributed by atoms with van der Waals surface area (Å²) in [5.41, 5.74) is 4.12. The van der Waals surface area contributed by atoms with Crippen molar-refractivity contribution in [3.63, 3.8) is 0 Å². The molecule has 0 radical (unpaired) electrons. The van der Waals surface area contributed by atoms with Gasteiger partial charge in [-0.2, -0.15) is 0 Å². The minimum atomic E-state index is 0.852. The molecule has 2 aromatic heterocycles. The molecular weight excluding hydrogens is 210 g/mol. The molecule has 2 aromatic rings. The highest BCUT2D eigenvalue weighted by Crippen LogP contribution is 2.22. The maximum absolute atomic E-state index is 4.40. The normalized spacial score (nSPS) is 10.0. The first kappa shape index (κ1) is 11.3. The maximum Gasteiger partial charge on any atom is 0.132 e. The fourth-order valence-electron chi connectivity index (χ4n) is 1.60. The van der Waals surface area contributed by atoms with Crippen LogP contribution in [0.1, 0.15) is 12.5 Å². The average Bonchev–Trinajstić information content (AvgIpc) is 2.32. The number of aryl methyl sites for hydroxylation is 1. The first-order valence-electron chi connectivity index (χ1n) is 5.46. The maximum atomic E-state index is 4.40.